The highest BCUT2D eigenvalue weighted by atomic mass is 35.5. The number of benzene rings is 2. The van der Waals surface area contributed by atoms with Crippen molar-refractivity contribution in [3.05, 3.63) is 64.6 Å². The molecule has 0 aliphatic carbocycles. The van der Waals surface area contributed by atoms with E-state index >= 15 is 0 Å². The highest BCUT2D eigenvalue weighted by molar-refractivity contribution is 6.35. The summed E-state index contributed by atoms with van der Waals surface area (Å²) in [5, 5.41) is 1.31. The molecule has 1 aromatic heterocycles. The van der Waals surface area contributed by atoms with E-state index in [1.165, 1.54) is 19.2 Å². The molecule has 0 spiro atoms. The molecule has 2 atom stereocenters. The van der Waals surface area contributed by atoms with Crippen LogP contribution in [-0.2, 0) is 0 Å². The molecule has 0 radical (unpaired) electrons. The molecule has 162 valence electrons. The SMILES string of the molecule is COc1ccc(C(=O)N2[C@H](C)CN(C(=O)c3c[nH]c4c(Cl)cccc34)C[C@H]2C)c(F)c1. The Kier molecular flexibility index (Phi) is 5.62. The lowest BCUT2D eigenvalue weighted by Gasteiger charge is -2.44. The van der Waals surface area contributed by atoms with Crippen LogP contribution >= 0.6 is 11.6 Å². The second kappa shape index (κ2) is 8.23. The monoisotopic (exact) mass is 443 g/mol. The highest BCUT2D eigenvalue weighted by Gasteiger charge is 2.36. The Morgan fingerprint density at radius 3 is 2.45 bits per heavy atom. The Morgan fingerprint density at radius 1 is 1.10 bits per heavy atom. The molecular formula is C23H23ClFN3O3. The van der Waals surface area contributed by atoms with Crippen LogP contribution in [0.4, 0.5) is 4.39 Å². The number of fused-ring (bicyclic) bond motifs is 1. The van der Waals surface area contributed by atoms with Crippen LogP contribution in [0.15, 0.2) is 42.6 Å². The Balaban J connectivity index is 1.55. The molecule has 2 amide bonds. The van der Waals surface area contributed by atoms with Gasteiger partial charge >= 0.3 is 0 Å². The minimum atomic E-state index is -0.627. The number of hydrogen-bond acceptors (Lipinski definition) is 3. The van der Waals surface area contributed by atoms with Gasteiger partial charge < -0.3 is 19.5 Å². The van der Waals surface area contributed by atoms with E-state index in [9.17, 15) is 14.0 Å². The lowest BCUT2D eigenvalue weighted by atomic mass is 10.0. The van der Waals surface area contributed by atoms with Gasteiger partial charge in [0.05, 0.1) is 28.8 Å². The summed E-state index contributed by atoms with van der Waals surface area (Å²) in [6, 6.07) is 9.05. The van der Waals surface area contributed by atoms with Crippen molar-refractivity contribution in [3.63, 3.8) is 0 Å². The summed E-state index contributed by atoms with van der Waals surface area (Å²) < 4.78 is 19.5. The molecule has 2 aromatic carbocycles. The van der Waals surface area contributed by atoms with Gasteiger partial charge in [0.1, 0.15) is 11.6 Å². The molecule has 0 saturated carbocycles. The number of carbonyl (C=O) groups excluding carboxylic acids is 2. The van der Waals surface area contributed by atoms with E-state index in [1.54, 1.807) is 34.2 Å². The van der Waals surface area contributed by atoms with Crippen LogP contribution in [0.2, 0.25) is 5.02 Å². The van der Waals surface area contributed by atoms with Gasteiger partial charge in [-0.3, -0.25) is 9.59 Å². The summed E-state index contributed by atoms with van der Waals surface area (Å²) in [6.07, 6.45) is 1.67. The van der Waals surface area contributed by atoms with E-state index in [2.05, 4.69) is 4.98 Å². The molecule has 1 aliphatic rings. The van der Waals surface area contributed by atoms with Gasteiger partial charge in [-0.05, 0) is 32.0 Å². The van der Waals surface area contributed by atoms with Gasteiger partial charge in [0, 0.05) is 42.8 Å². The average Bonchev–Trinajstić information content (AvgIpc) is 3.17. The highest BCUT2D eigenvalue weighted by Crippen LogP contribution is 2.28. The van der Waals surface area contributed by atoms with E-state index in [0.29, 0.717) is 29.4 Å². The number of para-hydroxylation sites is 1. The predicted octanol–water partition coefficient (Wildman–Crippen LogP) is 4.34. The van der Waals surface area contributed by atoms with Gasteiger partial charge in [-0.25, -0.2) is 4.39 Å². The number of carbonyl (C=O) groups is 2. The lowest BCUT2D eigenvalue weighted by molar-refractivity contribution is 0.0252. The van der Waals surface area contributed by atoms with Crippen LogP contribution in [-0.4, -0.2) is 58.9 Å². The Hall–Kier alpha value is -3.06. The quantitative estimate of drug-likeness (QED) is 0.654. The van der Waals surface area contributed by atoms with Crippen molar-refractivity contribution in [1.82, 2.24) is 14.8 Å². The molecule has 1 fully saturated rings. The van der Waals surface area contributed by atoms with Gasteiger partial charge in [-0.1, -0.05) is 23.7 Å². The van der Waals surface area contributed by atoms with Crippen LogP contribution in [0.3, 0.4) is 0 Å². The summed E-state index contributed by atoms with van der Waals surface area (Å²) >= 11 is 6.21. The molecule has 2 heterocycles. The Bertz CT molecular complexity index is 1150. The first-order chi connectivity index (χ1) is 14.8. The van der Waals surface area contributed by atoms with Gasteiger partial charge in [-0.2, -0.15) is 0 Å². The normalized spacial score (nSPS) is 19.0. The van der Waals surface area contributed by atoms with E-state index in [-0.39, 0.29) is 23.6 Å². The van der Waals surface area contributed by atoms with Crippen molar-refractivity contribution < 1.29 is 18.7 Å². The molecule has 3 aromatic rings. The molecule has 31 heavy (non-hydrogen) atoms. The number of methoxy groups -OCH3 is 1. The number of H-pyrrole nitrogens is 1. The van der Waals surface area contributed by atoms with Gasteiger partial charge in [0.2, 0.25) is 0 Å². The van der Waals surface area contributed by atoms with E-state index < -0.39 is 11.7 Å². The van der Waals surface area contributed by atoms with Gasteiger partial charge in [0.15, 0.2) is 0 Å². The molecule has 0 unspecified atom stereocenters. The largest absolute Gasteiger partial charge is 0.497 e. The number of nitrogens with one attached hydrogen (secondary N) is 1. The lowest BCUT2D eigenvalue weighted by Crippen LogP contribution is -2.59. The number of piperazine rings is 1. The Morgan fingerprint density at radius 2 is 1.81 bits per heavy atom. The third-order valence-electron chi connectivity index (χ3n) is 5.74. The fourth-order valence-corrected chi connectivity index (χ4v) is 4.52. The zero-order chi connectivity index (χ0) is 22.3. The topological polar surface area (TPSA) is 65.6 Å². The summed E-state index contributed by atoms with van der Waals surface area (Å²) in [5.41, 5.74) is 1.25. The minimum Gasteiger partial charge on any atom is -0.497 e. The first kappa shape index (κ1) is 21.2. The third-order valence-corrected chi connectivity index (χ3v) is 6.06. The Labute approximate surface area is 184 Å². The second-order valence-electron chi connectivity index (χ2n) is 7.83. The molecule has 0 bridgehead atoms. The number of halogens is 2. The molecule has 4 rings (SSSR count). The maximum Gasteiger partial charge on any atom is 0.257 e. The molecule has 1 aliphatic heterocycles. The smallest absolute Gasteiger partial charge is 0.257 e. The van der Waals surface area contributed by atoms with Crippen molar-refractivity contribution in [2.24, 2.45) is 0 Å². The number of hydrogen-bond donors (Lipinski definition) is 1. The van der Waals surface area contributed by atoms with E-state index in [4.69, 9.17) is 16.3 Å². The fourth-order valence-electron chi connectivity index (χ4n) is 4.29. The van der Waals surface area contributed by atoms with Gasteiger partial charge in [-0.15, -0.1) is 0 Å². The number of amides is 2. The number of ether oxygens (including phenoxy) is 1. The van der Waals surface area contributed by atoms with Crippen LogP contribution in [0, 0.1) is 5.82 Å². The van der Waals surface area contributed by atoms with Crippen molar-refractivity contribution in [1.29, 1.82) is 0 Å². The first-order valence-corrected chi connectivity index (χ1v) is 10.4. The zero-order valence-electron chi connectivity index (χ0n) is 17.5. The van der Waals surface area contributed by atoms with Gasteiger partial charge in [0.25, 0.3) is 11.8 Å². The van der Waals surface area contributed by atoms with Crippen LogP contribution in [0.25, 0.3) is 10.9 Å². The number of aromatic nitrogens is 1. The van der Waals surface area contributed by atoms with Crippen molar-refractivity contribution in [3.8, 4) is 5.75 Å². The third kappa shape index (κ3) is 3.74. The van der Waals surface area contributed by atoms with Crippen molar-refractivity contribution in [2.45, 2.75) is 25.9 Å². The summed E-state index contributed by atoms with van der Waals surface area (Å²) in [6.45, 7) is 4.42. The van der Waals surface area contributed by atoms with Crippen LogP contribution in [0.5, 0.6) is 5.75 Å². The van der Waals surface area contributed by atoms with E-state index in [1.807, 2.05) is 19.9 Å². The average molecular weight is 444 g/mol. The summed E-state index contributed by atoms with van der Waals surface area (Å²) in [5.74, 6) is -0.802. The fraction of sp³-hybridized carbons (Fsp3) is 0.304. The van der Waals surface area contributed by atoms with Crippen LogP contribution < -0.4 is 4.74 Å². The maximum atomic E-state index is 14.5. The first-order valence-electron chi connectivity index (χ1n) is 10.0. The van der Waals surface area contributed by atoms with Crippen LogP contribution in [0.1, 0.15) is 34.6 Å². The number of nitrogens with zero attached hydrogens (tertiary/aromatic N) is 2. The minimum absolute atomic E-state index is 0.00875. The summed E-state index contributed by atoms with van der Waals surface area (Å²) in [4.78, 5) is 32.8. The predicted molar refractivity (Wildman–Crippen MR) is 117 cm³/mol. The number of aromatic amines is 1. The molecule has 1 saturated heterocycles. The van der Waals surface area contributed by atoms with Crippen molar-refractivity contribution >= 4 is 34.3 Å². The summed E-state index contributed by atoms with van der Waals surface area (Å²) in [7, 11) is 1.44. The molecular weight excluding hydrogens is 421 g/mol. The number of rotatable bonds is 3. The molecule has 8 heteroatoms. The standard InChI is InChI=1S/C23H23ClFN3O3/c1-13-11-27(22(29)18-10-26-21-16(18)5-4-6-19(21)24)12-14(2)28(13)23(30)17-8-7-15(31-3)9-20(17)25/h4-10,13-14,26H,11-12H2,1-3H3/t13-,14-/m1/s1. The molecule has 1 N–H and O–H groups in total. The molecule has 6 nitrogen and oxygen atoms in total. The second-order valence-corrected chi connectivity index (χ2v) is 8.24. The van der Waals surface area contributed by atoms with E-state index in [0.717, 1.165) is 10.9 Å². The maximum absolute atomic E-state index is 14.5. The zero-order valence-corrected chi connectivity index (χ0v) is 18.2. The van der Waals surface area contributed by atoms with Crippen molar-refractivity contribution in [2.75, 3.05) is 20.2 Å².